The maximum atomic E-state index is 13.5. The number of rotatable bonds is 5. The summed E-state index contributed by atoms with van der Waals surface area (Å²) in [6, 6.07) is 10.7. The number of aromatic nitrogens is 2. The minimum atomic E-state index is -0.250. The van der Waals surface area contributed by atoms with Crippen LogP contribution in [0.3, 0.4) is 0 Å². The van der Waals surface area contributed by atoms with E-state index in [4.69, 9.17) is 14.0 Å². The molecule has 0 aliphatic carbocycles. The summed E-state index contributed by atoms with van der Waals surface area (Å²) in [5, 5.41) is 4.05. The van der Waals surface area contributed by atoms with Crippen LogP contribution >= 0.6 is 0 Å². The Morgan fingerprint density at radius 2 is 1.89 bits per heavy atom. The van der Waals surface area contributed by atoms with E-state index in [1.54, 1.807) is 19.1 Å². The Balaban J connectivity index is 1.47. The van der Waals surface area contributed by atoms with Gasteiger partial charge in [-0.05, 0) is 62.4 Å². The fourth-order valence-electron chi connectivity index (χ4n) is 3.11. The number of nitrogens with zero attached hydrogens (tertiary/aromatic N) is 3. The van der Waals surface area contributed by atoms with Gasteiger partial charge in [-0.1, -0.05) is 11.2 Å². The third-order valence-electron chi connectivity index (χ3n) is 4.91. The molecule has 0 saturated heterocycles. The molecule has 1 aromatic heterocycles. The van der Waals surface area contributed by atoms with Crippen LogP contribution in [0.1, 0.15) is 30.0 Å². The first kappa shape index (κ1) is 18.4. The minimum absolute atomic E-state index is 0.0870. The molecule has 2 heterocycles. The second-order valence-electron chi connectivity index (χ2n) is 6.99. The number of benzene rings is 2. The fraction of sp³-hybridized carbons (Fsp3) is 0.333. The average Bonchev–Trinajstić information content (AvgIpc) is 3.19. The van der Waals surface area contributed by atoms with Crippen molar-refractivity contribution in [1.29, 1.82) is 0 Å². The van der Waals surface area contributed by atoms with Crippen molar-refractivity contribution in [2.75, 3.05) is 20.3 Å². The topological polar surface area (TPSA) is 60.6 Å². The first-order valence-corrected chi connectivity index (χ1v) is 9.20. The Kier molecular flexibility index (Phi) is 5.00. The molecule has 0 fully saturated rings. The fourth-order valence-corrected chi connectivity index (χ4v) is 3.11. The Labute approximate surface area is 162 Å². The Bertz CT molecular complexity index is 989. The van der Waals surface area contributed by atoms with Gasteiger partial charge in [0.1, 0.15) is 19.0 Å². The van der Waals surface area contributed by atoms with Gasteiger partial charge < -0.3 is 14.0 Å². The largest absolute Gasteiger partial charge is 0.486 e. The zero-order valence-electron chi connectivity index (χ0n) is 16.1. The van der Waals surface area contributed by atoms with Gasteiger partial charge in [-0.15, -0.1) is 0 Å². The second kappa shape index (κ2) is 7.59. The van der Waals surface area contributed by atoms with Gasteiger partial charge in [0.15, 0.2) is 11.5 Å². The van der Waals surface area contributed by atoms with Crippen LogP contribution in [0.5, 0.6) is 11.5 Å². The van der Waals surface area contributed by atoms with E-state index in [1.165, 1.54) is 6.07 Å². The van der Waals surface area contributed by atoms with Gasteiger partial charge in [-0.2, -0.15) is 4.98 Å². The molecule has 0 N–H and O–H groups in total. The minimum Gasteiger partial charge on any atom is -0.486 e. The molecule has 0 radical (unpaired) electrons. The van der Waals surface area contributed by atoms with Crippen molar-refractivity contribution in [3.63, 3.8) is 0 Å². The number of aryl methyl sites for hydroxylation is 1. The Morgan fingerprint density at radius 1 is 1.11 bits per heavy atom. The summed E-state index contributed by atoms with van der Waals surface area (Å²) >= 11 is 0. The van der Waals surface area contributed by atoms with E-state index in [1.807, 2.05) is 32.2 Å². The van der Waals surface area contributed by atoms with E-state index in [9.17, 15) is 4.39 Å². The number of fused-ring (bicyclic) bond motifs is 1. The van der Waals surface area contributed by atoms with Crippen LogP contribution in [0.4, 0.5) is 4.39 Å². The van der Waals surface area contributed by atoms with E-state index < -0.39 is 0 Å². The molecule has 4 rings (SSSR count). The second-order valence-corrected chi connectivity index (χ2v) is 6.99. The van der Waals surface area contributed by atoms with Gasteiger partial charge in [-0.3, -0.25) is 4.90 Å². The highest BCUT2D eigenvalue weighted by molar-refractivity contribution is 5.55. The summed E-state index contributed by atoms with van der Waals surface area (Å²) in [5.41, 5.74) is 2.38. The first-order valence-electron chi connectivity index (χ1n) is 9.20. The summed E-state index contributed by atoms with van der Waals surface area (Å²) in [7, 11) is 1.99. The van der Waals surface area contributed by atoms with Gasteiger partial charge >= 0.3 is 0 Å². The van der Waals surface area contributed by atoms with Gasteiger partial charge in [0.25, 0.3) is 0 Å². The molecule has 3 aromatic rings. The van der Waals surface area contributed by atoms with Gasteiger partial charge in [-0.25, -0.2) is 4.39 Å². The predicted molar refractivity (Wildman–Crippen MR) is 102 cm³/mol. The van der Waals surface area contributed by atoms with E-state index >= 15 is 0 Å². The number of ether oxygens (including phenoxy) is 2. The van der Waals surface area contributed by atoms with E-state index in [0.29, 0.717) is 37.0 Å². The van der Waals surface area contributed by atoms with Crippen LogP contribution in [0.25, 0.3) is 11.4 Å². The third-order valence-corrected chi connectivity index (χ3v) is 4.91. The van der Waals surface area contributed by atoms with Crippen molar-refractivity contribution in [3.8, 4) is 22.9 Å². The molecule has 1 aliphatic rings. The third kappa shape index (κ3) is 3.71. The predicted octanol–water partition coefficient (Wildman–Crippen LogP) is 4.15. The van der Waals surface area contributed by atoms with Gasteiger partial charge in [0.05, 0.1) is 6.04 Å². The van der Waals surface area contributed by atoms with Crippen molar-refractivity contribution in [3.05, 3.63) is 59.2 Å². The van der Waals surface area contributed by atoms with Crippen LogP contribution < -0.4 is 9.47 Å². The molecule has 0 spiro atoms. The summed E-state index contributed by atoms with van der Waals surface area (Å²) in [4.78, 5) is 6.61. The molecule has 0 amide bonds. The molecule has 1 unspecified atom stereocenters. The highest BCUT2D eigenvalue weighted by Gasteiger charge is 2.21. The number of hydrogen-bond acceptors (Lipinski definition) is 6. The van der Waals surface area contributed by atoms with E-state index in [2.05, 4.69) is 15.0 Å². The van der Waals surface area contributed by atoms with Crippen molar-refractivity contribution in [2.24, 2.45) is 0 Å². The molecule has 2 aromatic carbocycles. The summed E-state index contributed by atoms with van der Waals surface area (Å²) in [6.07, 6.45) is 0. The lowest BCUT2D eigenvalue weighted by Gasteiger charge is -2.23. The van der Waals surface area contributed by atoms with E-state index in [-0.39, 0.29) is 11.9 Å². The molecule has 1 atom stereocenters. The van der Waals surface area contributed by atoms with Crippen molar-refractivity contribution in [1.82, 2.24) is 15.0 Å². The van der Waals surface area contributed by atoms with Crippen LogP contribution in [0.2, 0.25) is 0 Å². The lowest BCUT2D eigenvalue weighted by atomic mass is 10.1. The molecule has 0 bridgehead atoms. The lowest BCUT2D eigenvalue weighted by Crippen LogP contribution is -2.22. The molecule has 1 aliphatic heterocycles. The Morgan fingerprint density at radius 3 is 2.68 bits per heavy atom. The molecule has 7 heteroatoms. The smallest absolute Gasteiger partial charge is 0.244 e. The zero-order valence-corrected chi connectivity index (χ0v) is 16.1. The van der Waals surface area contributed by atoms with Crippen LogP contribution in [-0.4, -0.2) is 35.3 Å². The zero-order chi connectivity index (χ0) is 19.7. The molecule has 28 heavy (non-hydrogen) atoms. The number of halogens is 1. The van der Waals surface area contributed by atoms with Crippen molar-refractivity contribution >= 4 is 0 Å². The maximum Gasteiger partial charge on any atom is 0.244 e. The van der Waals surface area contributed by atoms with Crippen molar-refractivity contribution < 1.29 is 18.4 Å². The van der Waals surface area contributed by atoms with E-state index in [0.717, 1.165) is 22.6 Å². The lowest BCUT2D eigenvalue weighted by molar-refractivity contribution is 0.170. The monoisotopic (exact) mass is 383 g/mol. The molecular weight excluding hydrogens is 361 g/mol. The Hall–Kier alpha value is -2.93. The SMILES string of the molecule is Cc1cc(-c2noc(C(C)N(C)Cc3ccc4c(c3)OCCO4)n2)ccc1F. The summed E-state index contributed by atoms with van der Waals surface area (Å²) < 4.78 is 30.2. The summed E-state index contributed by atoms with van der Waals surface area (Å²) in [6.45, 7) is 5.55. The highest BCUT2D eigenvalue weighted by Crippen LogP contribution is 2.32. The molecular formula is C21H22FN3O3. The standard InChI is InChI=1S/C21H22FN3O3/c1-13-10-16(5-6-17(13)22)20-23-21(28-24-20)14(2)25(3)12-15-4-7-18-19(11-15)27-9-8-26-18/h4-7,10-11,14H,8-9,12H2,1-3H3. The molecule has 0 saturated carbocycles. The first-order chi connectivity index (χ1) is 13.5. The van der Waals surface area contributed by atoms with Crippen LogP contribution in [-0.2, 0) is 6.54 Å². The average molecular weight is 383 g/mol. The number of hydrogen-bond donors (Lipinski definition) is 0. The quantitative estimate of drug-likeness (QED) is 0.660. The highest BCUT2D eigenvalue weighted by atomic mass is 19.1. The van der Waals surface area contributed by atoms with Crippen LogP contribution in [0, 0.1) is 12.7 Å². The van der Waals surface area contributed by atoms with Crippen molar-refractivity contribution in [2.45, 2.75) is 26.4 Å². The molecule has 6 nitrogen and oxygen atoms in total. The maximum absolute atomic E-state index is 13.5. The van der Waals surface area contributed by atoms with Gasteiger partial charge in [0, 0.05) is 12.1 Å². The normalized spacial score (nSPS) is 14.3. The summed E-state index contributed by atoms with van der Waals surface area (Å²) in [5.74, 6) is 2.27. The van der Waals surface area contributed by atoms with Crippen LogP contribution in [0.15, 0.2) is 40.9 Å². The van der Waals surface area contributed by atoms with Gasteiger partial charge in [0.2, 0.25) is 11.7 Å². The molecule has 146 valence electrons.